The van der Waals surface area contributed by atoms with E-state index in [2.05, 4.69) is 16.0 Å². The first kappa shape index (κ1) is 19.9. The Morgan fingerprint density at radius 3 is 2.60 bits per heavy atom. The molecule has 25 heavy (non-hydrogen) atoms. The SMILES string of the molecule is N=C(N)NCCCC(NC(=O)OCc1ccccc1)C(=O)NC[C]=O. The first-order valence-corrected chi connectivity index (χ1v) is 7.70. The number of carbonyl (C=O) groups excluding carboxylic acids is 3. The summed E-state index contributed by atoms with van der Waals surface area (Å²) >= 11 is 0. The molecule has 0 aliphatic carbocycles. The van der Waals surface area contributed by atoms with Crippen molar-refractivity contribution < 1.29 is 19.1 Å². The Morgan fingerprint density at radius 1 is 1.24 bits per heavy atom. The van der Waals surface area contributed by atoms with Gasteiger partial charge in [-0.15, -0.1) is 0 Å². The van der Waals surface area contributed by atoms with Crippen molar-refractivity contribution in [1.29, 1.82) is 5.41 Å². The van der Waals surface area contributed by atoms with E-state index in [4.69, 9.17) is 15.9 Å². The summed E-state index contributed by atoms with van der Waals surface area (Å²) in [5, 5.41) is 14.5. The van der Waals surface area contributed by atoms with Crippen LogP contribution in [0.3, 0.4) is 0 Å². The molecule has 0 saturated carbocycles. The smallest absolute Gasteiger partial charge is 0.408 e. The third-order valence-electron chi connectivity index (χ3n) is 3.14. The fraction of sp³-hybridized carbons (Fsp3) is 0.375. The van der Waals surface area contributed by atoms with Gasteiger partial charge in [-0.3, -0.25) is 15.0 Å². The molecule has 1 radical (unpaired) electrons. The molecular weight excluding hydrogens is 326 g/mol. The van der Waals surface area contributed by atoms with Crippen LogP contribution >= 0.6 is 0 Å². The van der Waals surface area contributed by atoms with Gasteiger partial charge in [-0.1, -0.05) is 30.3 Å². The monoisotopic (exact) mass is 348 g/mol. The number of carbonyl (C=O) groups is 2. The van der Waals surface area contributed by atoms with Gasteiger partial charge in [0.1, 0.15) is 12.6 Å². The molecule has 9 heteroatoms. The average Bonchev–Trinajstić information content (AvgIpc) is 2.61. The lowest BCUT2D eigenvalue weighted by molar-refractivity contribution is -0.123. The highest BCUT2D eigenvalue weighted by atomic mass is 16.5. The van der Waals surface area contributed by atoms with Crippen LogP contribution < -0.4 is 21.7 Å². The van der Waals surface area contributed by atoms with E-state index in [1.54, 1.807) is 6.29 Å². The quantitative estimate of drug-likeness (QED) is 0.224. The van der Waals surface area contributed by atoms with Crippen LogP contribution in [0.15, 0.2) is 30.3 Å². The Hall–Kier alpha value is -3.10. The molecule has 9 nitrogen and oxygen atoms in total. The van der Waals surface area contributed by atoms with Crippen LogP contribution in [0.1, 0.15) is 18.4 Å². The van der Waals surface area contributed by atoms with Gasteiger partial charge in [0.25, 0.3) is 0 Å². The van der Waals surface area contributed by atoms with Gasteiger partial charge < -0.3 is 26.4 Å². The minimum atomic E-state index is -0.870. The standard InChI is InChI=1S/C16H22N5O4/c17-15(18)20-8-4-7-13(14(23)19-9-10-22)21-16(24)25-11-12-5-2-1-3-6-12/h1-3,5-6,13H,4,7-9,11H2,(H,19,23)(H,21,24)(H4,17,18,20). The number of guanidine groups is 1. The van der Waals surface area contributed by atoms with Crippen molar-refractivity contribution in [3.8, 4) is 0 Å². The van der Waals surface area contributed by atoms with E-state index in [-0.39, 0.29) is 25.5 Å². The zero-order chi connectivity index (χ0) is 18.5. The van der Waals surface area contributed by atoms with E-state index in [0.29, 0.717) is 13.0 Å². The van der Waals surface area contributed by atoms with Gasteiger partial charge >= 0.3 is 6.09 Å². The Kier molecular flexibility index (Phi) is 9.13. The van der Waals surface area contributed by atoms with Crippen molar-refractivity contribution in [2.75, 3.05) is 13.1 Å². The lowest BCUT2D eigenvalue weighted by atomic mass is 10.1. The molecule has 1 rings (SSSR count). The van der Waals surface area contributed by atoms with E-state index in [1.165, 1.54) is 0 Å². The lowest BCUT2D eigenvalue weighted by Crippen LogP contribution is -2.47. The van der Waals surface area contributed by atoms with Crippen molar-refractivity contribution in [3.63, 3.8) is 0 Å². The van der Waals surface area contributed by atoms with Crippen molar-refractivity contribution in [1.82, 2.24) is 16.0 Å². The Balaban J connectivity index is 2.48. The number of hydrogen-bond acceptors (Lipinski definition) is 5. The molecule has 0 bridgehead atoms. The highest BCUT2D eigenvalue weighted by Gasteiger charge is 2.20. The van der Waals surface area contributed by atoms with Crippen LogP contribution in [0.4, 0.5) is 4.79 Å². The molecule has 135 valence electrons. The fourth-order valence-corrected chi connectivity index (χ4v) is 1.95. The largest absolute Gasteiger partial charge is 0.445 e. The maximum absolute atomic E-state index is 12.0. The normalized spacial score (nSPS) is 11.0. The van der Waals surface area contributed by atoms with Crippen LogP contribution in [0.2, 0.25) is 0 Å². The van der Waals surface area contributed by atoms with E-state index < -0.39 is 18.0 Å². The molecule has 0 saturated heterocycles. The molecule has 2 amide bonds. The third-order valence-corrected chi connectivity index (χ3v) is 3.14. The summed E-state index contributed by atoms with van der Waals surface area (Å²) in [5.41, 5.74) is 5.99. The summed E-state index contributed by atoms with van der Waals surface area (Å²) in [5.74, 6) is -0.686. The zero-order valence-corrected chi connectivity index (χ0v) is 13.7. The molecule has 0 aliphatic rings. The molecule has 0 aromatic heterocycles. The molecule has 0 spiro atoms. The molecule has 1 aromatic rings. The van der Waals surface area contributed by atoms with E-state index in [9.17, 15) is 14.4 Å². The van der Waals surface area contributed by atoms with Crippen molar-refractivity contribution >= 4 is 24.2 Å². The number of rotatable bonds is 10. The minimum Gasteiger partial charge on any atom is -0.445 e. The molecule has 1 atom stereocenters. The second kappa shape index (κ2) is 11.4. The molecular formula is C16H22N5O4. The second-order valence-corrected chi connectivity index (χ2v) is 5.10. The molecule has 0 heterocycles. The van der Waals surface area contributed by atoms with Gasteiger partial charge in [-0.2, -0.15) is 0 Å². The van der Waals surface area contributed by atoms with E-state index >= 15 is 0 Å². The zero-order valence-electron chi connectivity index (χ0n) is 13.7. The van der Waals surface area contributed by atoms with Gasteiger partial charge in [0.15, 0.2) is 5.96 Å². The summed E-state index contributed by atoms with van der Waals surface area (Å²) in [4.78, 5) is 34.1. The summed E-state index contributed by atoms with van der Waals surface area (Å²) in [6.45, 7) is 0.191. The van der Waals surface area contributed by atoms with Gasteiger partial charge in [0.05, 0.1) is 6.54 Å². The summed E-state index contributed by atoms with van der Waals surface area (Å²) in [7, 11) is 0. The minimum absolute atomic E-state index is 0.0784. The molecule has 0 aliphatic heterocycles. The average molecular weight is 348 g/mol. The number of benzene rings is 1. The van der Waals surface area contributed by atoms with Crippen LogP contribution in [-0.4, -0.2) is 43.4 Å². The number of nitrogens with two attached hydrogens (primary N) is 1. The van der Waals surface area contributed by atoms with Crippen LogP contribution in [0.5, 0.6) is 0 Å². The molecule has 6 N–H and O–H groups in total. The Bertz CT molecular complexity index is 579. The van der Waals surface area contributed by atoms with E-state index in [1.807, 2.05) is 30.3 Å². The number of ether oxygens (including phenoxy) is 1. The predicted molar refractivity (Wildman–Crippen MR) is 91.4 cm³/mol. The van der Waals surface area contributed by atoms with Gasteiger partial charge in [-0.05, 0) is 18.4 Å². The highest BCUT2D eigenvalue weighted by Crippen LogP contribution is 2.02. The number of hydrogen-bond donors (Lipinski definition) is 5. The Labute approximate surface area is 145 Å². The predicted octanol–water partition coefficient (Wildman–Crippen LogP) is -0.229. The molecule has 0 fully saturated rings. The maximum Gasteiger partial charge on any atom is 0.408 e. The molecule has 1 aromatic carbocycles. The Morgan fingerprint density at radius 2 is 1.96 bits per heavy atom. The van der Waals surface area contributed by atoms with Gasteiger partial charge in [0, 0.05) is 6.54 Å². The number of nitrogens with one attached hydrogen (secondary N) is 4. The van der Waals surface area contributed by atoms with Crippen LogP contribution in [0.25, 0.3) is 0 Å². The molecule has 1 unspecified atom stereocenters. The summed E-state index contributed by atoms with van der Waals surface area (Å²) < 4.78 is 5.08. The van der Waals surface area contributed by atoms with Gasteiger partial charge in [-0.25, -0.2) is 4.79 Å². The van der Waals surface area contributed by atoms with Crippen molar-refractivity contribution in [2.24, 2.45) is 5.73 Å². The first-order chi connectivity index (χ1) is 12.0. The van der Waals surface area contributed by atoms with E-state index in [0.717, 1.165) is 5.56 Å². The second-order valence-electron chi connectivity index (χ2n) is 5.10. The van der Waals surface area contributed by atoms with Crippen LogP contribution in [-0.2, 0) is 20.9 Å². The summed E-state index contributed by atoms with van der Waals surface area (Å²) in [6, 6.07) is 8.25. The topological polar surface area (TPSA) is 146 Å². The fourth-order valence-electron chi connectivity index (χ4n) is 1.95. The number of amides is 2. The van der Waals surface area contributed by atoms with Gasteiger partial charge in [0.2, 0.25) is 12.2 Å². The number of alkyl carbamates (subject to hydrolysis) is 1. The van der Waals surface area contributed by atoms with Crippen molar-refractivity contribution in [3.05, 3.63) is 35.9 Å². The maximum atomic E-state index is 12.0. The van der Waals surface area contributed by atoms with Crippen LogP contribution in [0, 0.1) is 5.41 Å². The van der Waals surface area contributed by atoms with Crippen molar-refractivity contribution in [2.45, 2.75) is 25.5 Å². The third kappa shape index (κ3) is 8.94. The highest BCUT2D eigenvalue weighted by molar-refractivity contribution is 5.86. The lowest BCUT2D eigenvalue weighted by Gasteiger charge is -2.18. The summed E-state index contributed by atoms with van der Waals surface area (Å²) in [6.07, 6.45) is 1.57. The first-order valence-electron chi connectivity index (χ1n) is 7.70.